The first-order chi connectivity index (χ1) is 10.7. The van der Waals surface area contributed by atoms with Gasteiger partial charge in [-0.1, -0.05) is 0 Å². The minimum absolute atomic E-state index is 0.625. The molecule has 0 amide bonds. The number of nitrogens with two attached hydrogens (primary N) is 1. The van der Waals surface area contributed by atoms with E-state index in [0.29, 0.717) is 12.5 Å². The first-order valence-electron chi connectivity index (χ1n) is 7.33. The fourth-order valence-corrected chi connectivity index (χ4v) is 3.22. The van der Waals surface area contributed by atoms with Gasteiger partial charge >= 0.3 is 0 Å². The van der Waals surface area contributed by atoms with Crippen LogP contribution in [-0.4, -0.2) is 47.0 Å². The number of rotatable bonds is 3. The Morgan fingerprint density at radius 2 is 2.00 bits per heavy atom. The molecule has 0 radical (unpaired) electrons. The van der Waals surface area contributed by atoms with Crippen LogP contribution in [-0.2, 0) is 6.54 Å². The Kier molecular flexibility index (Phi) is 4.53. The van der Waals surface area contributed by atoms with Gasteiger partial charge in [0.05, 0.1) is 6.54 Å². The first-order valence-corrected chi connectivity index (χ1v) is 8.21. The van der Waals surface area contributed by atoms with E-state index in [2.05, 4.69) is 43.1 Å². The topological polar surface area (TPSA) is 70.6 Å². The number of piperazine rings is 1. The minimum atomic E-state index is 0.625. The van der Waals surface area contributed by atoms with Gasteiger partial charge in [-0.2, -0.15) is 0 Å². The lowest BCUT2D eigenvalue weighted by atomic mass is 10.3. The molecule has 22 heavy (non-hydrogen) atoms. The SMILES string of the molecule is Cc1csc(CN=C(N)N2CCN(c3ncccn3)CC2)c1. The average molecular weight is 316 g/mol. The predicted molar refractivity (Wildman–Crippen MR) is 90.2 cm³/mol. The van der Waals surface area contributed by atoms with Gasteiger partial charge in [0, 0.05) is 43.4 Å². The molecule has 2 aromatic rings. The van der Waals surface area contributed by atoms with Gasteiger partial charge in [-0.05, 0) is 30.0 Å². The van der Waals surface area contributed by atoms with Crippen LogP contribution in [0.5, 0.6) is 0 Å². The van der Waals surface area contributed by atoms with Crippen LogP contribution >= 0.6 is 11.3 Å². The second-order valence-corrected chi connectivity index (χ2v) is 6.28. The van der Waals surface area contributed by atoms with Crippen LogP contribution in [0.1, 0.15) is 10.4 Å². The van der Waals surface area contributed by atoms with Crippen molar-refractivity contribution in [2.75, 3.05) is 31.1 Å². The van der Waals surface area contributed by atoms with E-state index in [1.807, 2.05) is 6.07 Å². The Morgan fingerprint density at radius 3 is 2.64 bits per heavy atom. The van der Waals surface area contributed by atoms with Crippen LogP contribution in [0.2, 0.25) is 0 Å². The highest BCUT2D eigenvalue weighted by atomic mass is 32.1. The summed E-state index contributed by atoms with van der Waals surface area (Å²) in [6, 6.07) is 3.99. The van der Waals surface area contributed by atoms with Crippen molar-refractivity contribution in [2.45, 2.75) is 13.5 Å². The van der Waals surface area contributed by atoms with Gasteiger partial charge in [-0.3, -0.25) is 0 Å². The molecule has 0 saturated carbocycles. The Morgan fingerprint density at radius 1 is 1.27 bits per heavy atom. The van der Waals surface area contributed by atoms with Crippen molar-refractivity contribution >= 4 is 23.2 Å². The highest BCUT2D eigenvalue weighted by Crippen LogP contribution is 2.15. The minimum Gasteiger partial charge on any atom is -0.370 e. The van der Waals surface area contributed by atoms with E-state index < -0.39 is 0 Å². The predicted octanol–water partition coefficient (Wildman–Crippen LogP) is 1.48. The zero-order valence-corrected chi connectivity index (χ0v) is 13.5. The van der Waals surface area contributed by atoms with Crippen molar-refractivity contribution in [1.29, 1.82) is 0 Å². The number of anilines is 1. The summed E-state index contributed by atoms with van der Waals surface area (Å²) in [6.45, 7) is 6.16. The third kappa shape index (κ3) is 3.54. The zero-order valence-electron chi connectivity index (χ0n) is 12.6. The molecule has 0 spiro atoms. The molecule has 0 atom stereocenters. The summed E-state index contributed by atoms with van der Waals surface area (Å²) in [7, 11) is 0. The Labute approximate surface area is 134 Å². The van der Waals surface area contributed by atoms with E-state index in [4.69, 9.17) is 5.73 Å². The quantitative estimate of drug-likeness (QED) is 0.686. The fraction of sp³-hybridized carbons (Fsp3) is 0.400. The number of thiophene rings is 1. The van der Waals surface area contributed by atoms with E-state index in [0.717, 1.165) is 32.1 Å². The number of hydrogen-bond acceptors (Lipinski definition) is 5. The average Bonchev–Trinajstić information content (AvgIpc) is 2.99. The summed E-state index contributed by atoms with van der Waals surface area (Å²) in [5.41, 5.74) is 7.40. The highest BCUT2D eigenvalue weighted by Gasteiger charge is 2.19. The first kappa shape index (κ1) is 14.8. The number of nitrogens with zero attached hydrogens (tertiary/aromatic N) is 5. The van der Waals surface area contributed by atoms with Crippen LogP contribution in [0.15, 0.2) is 34.9 Å². The maximum Gasteiger partial charge on any atom is 0.225 e. The number of hydrogen-bond donors (Lipinski definition) is 1. The van der Waals surface area contributed by atoms with E-state index in [1.165, 1.54) is 10.4 Å². The molecule has 3 rings (SSSR count). The van der Waals surface area contributed by atoms with Gasteiger partial charge in [0.1, 0.15) is 0 Å². The summed E-state index contributed by atoms with van der Waals surface area (Å²) in [5.74, 6) is 1.41. The van der Waals surface area contributed by atoms with Gasteiger partial charge in [0.2, 0.25) is 5.95 Å². The zero-order chi connectivity index (χ0) is 15.4. The lowest BCUT2D eigenvalue weighted by Crippen LogP contribution is -2.51. The molecule has 6 nitrogen and oxygen atoms in total. The Balaban J connectivity index is 1.54. The van der Waals surface area contributed by atoms with Gasteiger partial charge in [0.25, 0.3) is 0 Å². The summed E-state index contributed by atoms with van der Waals surface area (Å²) in [4.78, 5) is 18.6. The van der Waals surface area contributed by atoms with Gasteiger partial charge in [0.15, 0.2) is 5.96 Å². The molecule has 1 aliphatic rings. The molecule has 2 aromatic heterocycles. The number of aromatic nitrogens is 2. The number of guanidine groups is 1. The summed E-state index contributed by atoms with van der Waals surface area (Å²) in [5, 5.41) is 2.14. The van der Waals surface area contributed by atoms with Crippen molar-refractivity contribution in [3.8, 4) is 0 Å². The number of aryl methyl sites for hydroxylation is 1. The lowest BCUT2D eigenvalue weighted by molar-refractivity contribution is 0.378. The van der Waals surface area contributed by atoms with Crippen molar-refractivity contribution < 1.29 is 0 Å². The van der Waals surface area contributed by atoms with Gasteiger partial charge < -0.3 is 15.5 Å². The third-order valence-electron chi connectivity index (χ3n) is 3.62. The molecule has 0 aromatic carbocycles. The lowest BCUT2D eigenvalue weighted by Gasteiger charge is -2.35. The third-order valence-corrected chi connectivity index (χ3v) is 4.66. The molecular weight excluding hydrogens is 296 g/mol. The standard InChI is InChI=1S/C15H20N6S/c1-12-9-13(22-11-12)10-19-14(16)20-5-7-21(8-6-20)15-17-3-2-4-18-15/h2-4,9,11H,5-8,10H2,1H3,(H2,16,19). The summed E-state index contributed by atoms with van der Waals surface area (Å²) < 4.78 is 0. The fourth-order valence-electron chi connectivity index (χ4n) is 2.42. The van der Waals surface area contributed by atoms with Crippen LogP contribution in [0.4, 0.5) is 5.95 Å². The van der Waals surface area contributed by atoms with Crippen molar-refractivity contribution in [3.63, 3.8) is 0 Å². The molecule has 0 unspecified atom stereocenters. The van der Waals surface area contributed by atoms with Crippen molar-refractivity contribution in [3.05, 3.63) is 40.3 Å². The smallest absolute Gasteiger partial charge is 0.225 e. The molecule has 0 bridgehead atoms. The number of aliphatic imine (C=N–C) groups is 1. The van der Waals surface area contributed by atoms with Crippen molar-refractivity contribution in [2.24, 2.45) is 10.7 Å². The highest BCUT2D eigenvalue weighted by molar-refractivity contribution is 7.10. The van der Waals surface area contributed by atoms with E-state index >= 15 is 0 Å². The van der Waals surface area contributed by atoms with E-state index in [9.17, 15) is 0 Å². The maximum absolute atomic E-state index is 6.12. The summed E-state index contributed by atoms with van der Waals surface area (Å²) >= 11 is 1.73. The Hall–Kier alpha value is -2.15. The van der Waals surface area contributed by atoms with Gasteiger partial charge in [-0.25, -0.2) is 15.0 Å². The molecule has 116 valence electrons. The second-order valence-electron chi connectivity index (χ2n) is 5.29. The van der Waals surface area contributed by atoms with Gasteiger partial charge in [-0.15, -0.1) is 11.3 Å². The molecule has 1 saturated heterocycles. The molecule has 2 N–H and O–H groups in total. The van der Waals surface area contributed by atoms with Crippen molar-refractivity contribution in [1.82, 2.24) is 14.9 Å². The molecule has 0 aliphatic carbocycles. The van der Waals surface area contributed by atoms with Crippen LogP contribution in [0.3, 0.4) is 0 Å². The largest absolute Gasteiger partial charge is 0.370 e. The Bertz CT molecular complexity index is 630. The molecule has 3 heterocycles. The van der Waals surface area contributed by atoms with E-state index in [-0.39, 0.29) is 0 Å². The molecule has 1 fully saturated rings. The van der Waals surface area contributed by atoms with Crippen LogP contribution in [0, 0.1) is 6.92 Å². The second kappa shape index (κ2) is 6.74. The normalized spacial score (nSPS) is 16.1. The molecular formula is C15H20N6S. The summed E-state index contributed by atoms with van der Waals surface area (Å²) in [6.07, 6.45) is 3.54. The van der Waals surface area contributed by atoms with Crippen LogP contribution < -0.4 is 10.6 Å². The van der Waals surface area contributed by atoms with E-state index in [1.54, 1.807) is 23.7 Å². The molecule has 1 aliphatic heterocycles. The monoisotopic (exact) mass is 316 g/mol. The maximum atomic E-state index is 6.12. The molecule has 7 heteroatoms. The van der Waals surface area contributed by atoms with Crippen LogP contribution in [0.25, 0.3) is 0 Å².